The molecule has 55 heavy (non-hydrogen) atoms. The number of aryl methyl sites for hydroxylation is 3. The van der Waals surface area contributed by atoms with E-state index >= 15 is 0 Å². The zero-order valence-corrected chi connectivity index (χ0v) is 34.9. The molecular weight excluding hydrogens is 704 g/mol. The minimum atomic E-state index is -1.16. The van der Waals surface area contributed by atoms with E-state index in [-0.39, 0.29) is 5.41 Å². The summed E-state index contributed by atoms with van der Waals surface area (Å²) in [7, 11) is 0. The van der Waals surface area contributed by atoms with Crippen LogP contribution in [0.5, 0.6) is 0 Å². The Morgan fingerprint density at radius 2 is 1.73 bits per heavy atom. The number of piperidine rings is 1. The SMILES string of the molecule is Cc1cccc(Cl)c1CN1CCc2cc(-c3c(CNCCCCc4ccccc4)nc(C)c([C@H](OC(C)(C)C)C(=O)O)c3N3CCC(C)(C)CC3)ccc2C1. The van der Waals surface area contributed by atoms with Crippen LogP contribution in [0.2, 0.25) is 5.02 Å². The van der Waals surface area contributed by atoms with Crippen LogP contribution in [0.3, 0.4) is 0 Å². The third-order valence-electron chi connectivity index (χ3n) is 11.4. The number of aromatic nitrogens is 1. The topological polar surface area (TPSA) is 77.9 Å². The second kappa shape index (κ2) is 17.6. The van der Waals surface area contributed by atoms with Crippen molar-refractivity contribution in [2.45, 2.75) is 118 Å². The van der Waals surface area contributed by atoms with Gasteiger partial charge in [-0.3, -0.25) is 9.88 Å². The number of hydrogen-bond acceptors (Lipinski definition) is 6. The van der Waals surface area contributed by atoms with E-state index in [0.717, 1.165) is 105 Å². The van der Waals surface area contributed by atoms with Crippen molar-refractivity contribution in [3.8, 4) is 11.1 Å². The molecule has 2 N–H and O–H groups in total. The first kappa shape index (κ1) is 40.9. The second-order valence-corrected chi connectivity index (χ2v) is 17.9. The van der Waals surface area contributed by atoms with Gasteiger partial charge >= 0.3 is 5.97 Å². The van der Waals surface area contributed by atoms with Crippen molar-refractivity contribution >= 4 is 23.3 Å². The van der Waals surface area contributed by atoms with Gasteiger partial charge in [-0.2, -0.15) is 0 Å². The molecule has 1 aromatic heterocycles. The molecular formula is C47H61ClN4O3. The molecule has 0 aliphatic carbocycles. The van der Waals surface area contributed by atoms with Crippen LogP contribution in [0.25, 0.3) is 11.1 Å². The largest absolute Gasteiger partial charge is 0.479 e. The predicted octanol–water partition coefficient (Wildman–Crippen LogP) is 10.3. The Hall–Kier alpha value is -3.75. The van der Waals surface area contributed by atoms with Gasteiger partial charge in [-0.05, 0) is 125 Å². The summed E-state index contributed by atoms with van der Waals surface area (Å²) in [6.45, 7) is 20.3. The Bertz CT molecular complexity index is 1920. The van der Waals surface area contributed by atoms with Crippen molar-refractivity contribution in [1.82, 2.24) is 15.2 Å². The average molecular weight is 765 g/mol. The Morgan fingerprint density at radius 1 is 0.982 bits per heavy atom. The molecule has 3 heterocycles. The number of nitrogens with one attached hydrogen (secondary N) is 1. The van der Waals surface area contributed by atoms with Gasteiger partial charge in [0.05, 0.1) is 17.0 Å². The van der Waals surface area contributed by atoms with E-state index in [4.69, 9.17) is 21.3 Å². The van der Waals surface area contributed by atoms with Crippen LogP contribution in [0, 0.1) is 19.3 Å². The zero-order chi connectivity index (χ0) is 39.3. The molecule has 0 amide bonds. The molecule has 2 aliphatic heterocycles. The lowest BCUT2D eigenvalue weighted by Crippen LogP contribution is -2.39. The molecule has 3 aromatic carbocycles. The molecule has 0 radical (unpaired) electrons. The fourth-order valence-electron chi connectivity index (χ4n) is 8.18. The number of ether oxygens (including phenoxy) is 1. The molecule has 0 unspecified atom stereocenters. The number of nitrogens with zero attached hydrogens (tertiary/aromatic N) is 3. The molecule has 6 rings (SSSR count). The molecule has 1 fully saturated rings. The number of unbranched alkanes of at least 4 members (excludes halogenated alkanes) is 1. The van der Waals surface area contributed by atoms with Crippen LogP contribution in [0.15, 0.2) is 66.7 Å². The van der Waals surface area contributed by atoms with E-state index < -0.39 is 17.7 Å². The third kappa shape index (κ3) is 10.4. The second-order valence-electron chi connectivity index (χ2n) is 17.5. The summed E-state index contributed by atoms with van der Waals surface area (Å²) >= 11 is 6.65. The van der Waals surface area contributed by atoms with Gasteiger partial charge in [0.15, 0.2) is 6.10 Å². The van der Waals surface area contributed by atoms with E-state index in [9.17, 15) is 9.90 Å². The zero-order valence-electron chi connectivity index (χ0n) is 34.1. The summed E-state index contributed by atoms with van der Waals surface area (Å²) in [5, 5.41) is 15.3. The number of carboxylic acids is 1. The Balaban J connectivity index is 1.38. The maximum atomic E-state index is 13.2. The lowest BCUT2D eigenvalue weighted by Gasteiger charge is -2.41. The summed E-state index contributed by atoms with van der Waals surface area (Å²) in [4.78, 5) is 23.4. The number of benzene rings is 3. The lowest BCUT2D eigenvalue weighted by molar-refractivity contribution is -0.160. The summed E-state index contributed by atoms with van der Waals surface area (Å²) in [5.74, 6) is -0.993. The van der Waals surface area contributed by atoms with E-state index in [1.54, 1.807) is 0 Å². The van der Waals surface area contributed by atoms with Crippen LogP contribution < -0.4 is 10.2 Å². The molecule has 0 saturated carbocycles. The minimum absolute atomic E-state index is 0.220. The summed E-state index contributed by atoms with van der Waals surface area (Å²) < 4.78 is 6.40. The van der Waals surface area contributed by atoms with Gasteiger partial charge in [0.2, 0.25) is 0 Å². The first-order valence-corrected chi connectivity index (χ1v) is 20.6. The molecule has 4 aromatic rings. The van der Waals surface area contributed by atoms with Gasteiger partial charge in [-0.1, -0.05) is 86.1 Å². The highest BCUT2D eigenvalue weighted by Crippen LogP contribution is 2.45. The van der Waals surface area contributed by atoms with Crippen molar-refractivity contribution in [1.29, 1.82) is 0 Å². The van der Waals surface area contributed by atoms with Gasteiger partial charge in [-0.25, -0.2) is 4.79 Å². The van der Waals surface area contributed by atoms with E-state index in [1.807, 2.05) is 39.8 Å². The molecule has 8 heteroatoms. The van der Waals surface area contributed by atoms with Crippen LogP contribution in [0.4, 0.5) is 5.69 Å². The smallest absolute Gasteiger partial charge is 0.337 e. The number of aliphatic carboxylic acids is 1. The number of anilines is 1. The van der Waals surface area contributed by atoms with Crippen LogP contribution in [0.1, 0.15) is 111 Å². The summed E-state index contributed by atoms with van der Waals surface area (Å²) in [6, 6.07) is 23.7. The van der Waals surface area contributed by atoms with Gasteiger partial charge in [0.1, 0.15) is 0 Å². The molecule has 0 bridgehead atoms. The number of rotatable bonds is 14. The Kier molecular flexibility index (Phi) is 13.1. The normalized spacial score (nSPS) is 16.5. The summed E-state index contributed by atoms with van der Waals surface area (Å²) in [5.41, 5.74) is 11.4. The van der Waals surface area contributed by atoms with E-state index in [1.165, 1.54) is 27.8 Å². The molecule has 294 valence electrons. The van der Waals surface area contributed by atoms with Crippen molar-refractivity contribution in [2.75, 3.05) is 31.1 Å². The molecule has 2 aliphatic rings. The number of hydrogen-bond donors (Lipinski definition) is 2. The van der Waals surface area contributed by atoms with Crippen LogP contribution >= 0.6 is 11.6 Å². The fourth-order valence-corrected chi connectivity index (χ4v) is 8.46. The average Bonchev–Trinajstić information content (AvgIpc) is 3.13. The highest BCUT2D eigenvalue weighted by molar-refractivity contribution is 6.31. The predicted molar refractivity (Wildman–Crippen MR) is 226 cm³/mol. The first-order valence-electron chi connectivity index (χ1n) is 20.2. The highest BCUT2D eigenvalue weighted by atomic mass is 35.5. The van der Waals surface area contributed by atoms with Crippen LogP contribution in [-0.2, 0) is 42.0 Å². The lowest BCUT2D eigenvalue weighted by atomic mass is 9.81. The van der Waals surface area contributed by atoms with Crippen LogP contribution in [-0.4, -0.2) is 52.7 Å². The molecule has 0 spiro atoms. The maximum absolute atomic E-state index is 13.2. The maximum Gasteiger partial charge on any atom is 0.337 e. The quantitative estimate of drug-likeness (QED) is 0.124. The Morgan fingerprint density at radius 3 is 2.42 bits per heavy atom. The highest BCUT2D eigenvalue weighted by Gasteiger charge is 2.37. The third-order valence-corrected chi connectivity index (χ3v) is 11.7. The monoisotopic (exact) mass is 764 g/mol. The Labute approximate surface area is 334 Å². The van der Waals surface area contributed by atoms with Crippen molar-refractivity contribution in [2.24, 2.45) is 5.41 Å². The first-order chi connectivity index (χ1) is 26.2. The van der Waals surface area contributed by atoms with Gasteiger partial charge < -0.3 is 20.1 Å². The van der Waals surface area contributed by atoms with Crippen molar-refractivity contribution in [3.05, 3.63) is 117 Å². The number of halogens is 1. The van der Waals surface area contributed by atoms with Crippen molar-refractivity contribution < 1.29 is 14.6 Å². The molecule has 7 nitrogen and oxygen atoms in total. The number of carboxylic acid groups (broad SMARTS) is 1. The molecule has 1 saturated heterocycles. The standard InChI is InChI=1S/C47H61ClN4O3/c1-32-14-13-18-39(48)38(32)31-51-25-21-35-28-36(19-20-37(35)30-51)42-40(29-49-24-12-11-17-34-15-9-8-10-16-34)50-33(2)41(44(45(53)54)55-46(3,4)5)43(42)52-26-22-47(6,7)23-27-52/h8-10,13-16,18-20,28,44,49H,11-12,17,21-27,29-31H2,1-7H3,(H,53,54)/t44-/m0/s1. The fraction of sp³-hybridized carbons (Fsp3) is 0.489. The van der Waals surface area contributed by atoms with Gasteiger partial charge in [0, 0.05) is 61.1 Å². The minimum Gasteiger partial charge on any atom is -0.479 e. The van der Waals surface area contributed by atoms with E-state index in [2.05, 4.69) is 90.5 Å². The summed E-state index contributed by atoms with van der Waals surface area (Å²) in [6.07, 6.45) is 5.02. The van der Waals surface area contributed by atoms with Gasteiger partial charge in [0.25, 0.3) is 0 Å². The van der Waals surface area contributed by atoms with Crippen molar-refractivity contribution in [3.63, 3.8) is 0 Å². The number of carbonyl (C=O) groups is 1. The number of fused-ring (bicyclic) bond motifs is 1. The van der Waals surface area contributed by atoms with E-state index in [0.29, 0.717) is 17.8 Å². The number of pyridine rings is 1. The molecule has 1 atom stereocenters. The van der Waals surface area contributed by atoms with Gasteiger partial charge in [-0.15, -0.1) is 0 Å².